The Morgan fingerprint density at radius 2 is 2.12 bits per heavy atom. The first-order valence-electron chi connectivity index (χ1n) is 7.50. The molecule has 2 N–H and O–H groups in total. The van der Waals surface area contributed by atoms with Crippen LogP contribution in [0.15, 0.2) is 40.6 Å². The van der Waals surface area contributed by atoms with Crippen LogP contribution in [-0.2, 0) is 21.2 Å². The number of hydrogen-bond donors (Lipinski definition) is 2. The number of rotatable bonds is 7. The fraction of sp³-hybridized carbons (Fsp3) is 0.312. The van der Waals surface area contributed by atoms with Crippen LogP contribution in [0.4, 0.5) is 5.69 Å². The van der Waals surface area contributed by atoms with Crippen LogP contribution in [0.2, 0.25) is 0 Å². The predicted octanol–water partition coefficient (Wildman–Crippen LogP) is 2.38. The summed E-state index contributed by atoms with van der Waals surface area (Å²) in [7, 11) is -2.11. The molecule has 1 aromatic carbocycles. The van der Waals surface area contributed by atoms with Crippen molar-refractivity contribution < 1.29 is 17.9 Å². The molecule has 1 aromatic heterocycles. The van der Waals surface area contributed by atoms with Gasteiger partial charge in [0, 0.05) is 10.9 Å². The van der Waals surface area contributed by atoms with Gasteiger partial charge in [-0.05, 0) is 42.5 Å². The van der Waals surface area contributed by atoms with Crippen molar-refractivity contribution in [3.8, 4) is 5.75 Å². The molecule has 1 aliphatic carbocycles. The lowest BCUT2D eigenvalue weighted by atomic mass is 10.2. The monoisotopic (exact) mass is 366 g/mol. The van der Waals surface area contributed by atoms with E-state index in [-0.39, 0.29) is 23.3 Å². The summed E-state index contributed by atoms with van der Waals surface area (Å²) < 4.78 is 32.5. The first-order chi connectivity index (χ1) is 11.5. The van der Waals surface area contributed by atoms with Crippen molar-refractivity contribution in [2.75, 3.05) is 12.4 Å². The molecule has 0 aliphatic heterocycles. The van der Waals surface area contributed by atoms with Gasteiger partial charge in [-0.25, -0.2) is 13.1 Å². The number of thiophene rings is 1. The average molecular weight is 366 g/mol. The fourth-order valence-corrected chi connectivity index (χ4v) is 4.24. The summed E-state index contributed by atoms with van der Waals surface area (Å²) in [5, 5.41) is 4.63. The normalized spacial score (nSPS) is 14.4. The molecule has 128 valence electrons. The summed E-state index contributed by atoms with van der Waals surface area (Å²) in [4.78, 5) is 13.2. The van der Waals surface area contributed by atoms with Crippen LogP contribution in [0.1, 0.15) is 17.7 Å². The maximum Gasteiger partial charge on any atom is 0.240 e. The molecule has 1 amide bonds. The summed E-state index contributed by atoms with van der Waals surface area (Å²) in [6.45, 7) is 0. The van der Waals surface area contributed by atoms with Crippen molar-refractivity contribution in [1.82, 2.24) is 4.72 Å². The van der Waals surface area contributed by atoms with Gasteiger partial charge in [-0.3, -0.25) is 4.79 Å². The molecule has 1 heterocycles. The van der Waals surface area contributed by atoms with E-state index in [2.05, 4.69) is 10.0 Å². The molecule has 0 atom stereocenters. The Kier molecular flexibility index (Phi) is 4.88. The molecule has 8 heteroatoms. The van der Waals surface area contributed by atoms with Gasteiger partial charge in [0.05, 0.1) is 24.1 Å². The topological polar surface area (TPSA) is 84.5 Å². The summed E-state index contributed by atoms with van der Waals surface area (Å²) in [5.74, 6) is 0.195. The van der Waals surface area contributed by atoms with Gasteiger partial charge in [0.1, 0.15) is 5.75 Å². The number of amides is 1. The third-order valence-electron chi connectivity index (χ3n) is 3.57. The van der Waals surface area contributed by atoms with Gasteiger partial charge in [-0.15, -0.1) is 11.3 Å². The Morgan fingerprint density at radius 1 is 1.33 bits per heavy atom. The van der Waals surface area contributed by atoms with Crippen molar-refractivity contribution in [2.24, 2.45) is 0 Å². The quantitative estimate of drug-likeness (QED) is 0.788. The lowest BCUT2D eigenvalue weighted by Gasteiger charge is -2.12. The van der Waals surface area contributed by atoms with E-state index in [0.29, 0.717) is 11.4 Å². The molecule has 0 saturated heterocycles. The Balaban J connectivity index is 1.80. The smallest absolute Gasteiger partial charge is 0.240 e. The highest BCUT2D eigenvalue weighted by atomic mass is 32.2. The second kappa shape index (κ2) is 6.92. The van der Waals surface area contributed by atoms with Crippen LogP contribution in [0, 0.1) is 0 Å². The Bertz CT molecular complexity index is 828. The van der Waals surface area contributed by atoms with Crippen LogP contribution < -0.4 is 14.8 Å². The van der Waals surface area contributed by atoms with Crippen LogP contribution in [0.25, 0.3) is 0 Å². The highest BCUT2D eigenvalue weighted by Crippen LogP contribution is 2.29. The summed E-state index contributed by atoms with van der Waals surface area (Å²) in [6, 6.07) is 8.22. The third-order valence-corrected chi connectivity index (χ3v) is 5.96. The van der Waals surface area contributed by atoms with E-state index >= 15 is 0 Å². The largest absolute Gasteiger partial charge is 0.495 e. The summed E-state index contributed by atoms with van der Waals surface area (Å²) in [6.07, 6.45) is 1.96. The minimum Gasteiger partial charge on any atom is -0.495 e. The number of nitrogens with one attached hydrogen (secondary N) is 2. The van der Waals surface area contributed by atoms with Gasteiger partial charge in [-0.2, -0.15) is 0 Å². The zero-order chi connectivity index (χ0) is 17.2. The molecule has 1 fully saturated rings. The first kappa shape index (κ1) is 16.9. The highest BCUT2D eigenvalue weighted by Gasteiger charge is 2.28. The third kappa shape index (κ3) is 4.14. The number of sulfonamides is 1. The molecule has 0 spiro atoms. The molecule has 24 heavy (non-hydrogen) atoms. The van der Waals surface area contributed by atoms with E-state index in [1.807, 2.05) is 17.5 Å². The van der Waals surface area contributed by atoms with E-state index in [0.717, 1.165) is 17.7 Å². The van der Waals surface area contributed by atoms with E-state index < -0.39 is 10.0 Å². The number of ether oxygens (including phenoxy) is 1. The average Bonchev–Trinajstić information content (AvgIpc) is 3.19. The van der Waals surface area contributed by atoms with Crippen LogP contribution in [-0.4, -0.2) is 27.5 Å². The molecule has 2 aromatic rings. The Labute approximate surface area is 144 Å². The molecule has 1 saturated carbocycles. The molecular formula is C16H18N2O4S2. The number of hydrogen-bond acceptors (Lipinski definition) is 5. The molecular weight excluding hydrogens is 348 g/mol. The molecule has 3 rings (SSSR count). The molecule has 0 unspecified atom stereocenters. The molecule has 0 radical (unpaired) electrons. The van der Waals surface area contributed by atoms with Gasteiger partial charge in [0.15, 0.2) is 0 Å². The zero-order valence-corrected chi connectivity index (χ0v) is 14.7. The maximum atomic E-state index is 12.3. The highest BCUT2D eigenvalue weighted by molar-refractivity contribution is 7.89. The van der Waals surface area contributed by atoms with E-state index in [4.69, 9.17) is 4.74 Å². The van der Waals surface area contributed by atoms with Gasteiger partial charge < -0.3 is 10.1 Å². The van der Waals surface area contributed by atoms with Gasteiger partial charge in [0.25, 0.3) is 0 Å². The molecule has 0 bridgehead atoms. The Morgan fingerprint density at radius 3 is 2.75 bits per heavy atom. The van der Waals surface area contributed by atoms with E-state index in [1.165, 1.54) is 30.6 Å². The number of carbonyl (C=O) groups excluding carboxylic acids is 1. The minimum absolute atomic E-state index is 0.0222. The first-order valence-corrected chi connectivity index (χ1v) is 9.87. The Hall–Kier alpha value is -1.90. The van der Waals surface area contributed by atoms with Crippen molar-refractivity contribution in [3.63, 3.8) is 0 Å². The number of methoxy groups -OCH3 is 1. The summed E-state index contributed by atoms with van der Waals surface area (Å²) in [5.41, 5.74) is 0.345. The van der Waals surface area contributed by atoms with Crippen LogP contribution in [0.5, 0.6) is 5.75 Å². The lowest BCUT2D eigenvalue weighted by molar-refractivity contribution is -0.115. The van der Waals surface area contributed by atoms with E-state index in [1.54, 1.807) is 6.07 Å². The predicted molar refractivity (Wildman–Crippen MR) is 93.0 cm³/mol. The van der Waals surface area contributed by atoms with Crippen molar-refractivity contribution >= 4 is 33.0 Å². The zero-order valence-electron chi connectivity index (χ0n) is 13.1. The standard InChI is InChI=1S/C16H18N2O4S2/c1-22-15-7-6-13(24(20,21)18-11-4-5-11)10-14(15)17-16(19)9-12-3-2-8-23-12/h2-3,6-8,10-11,18H,4-5,9H2,1H3,(H,17,19). The SMILES string of the molecule is COc1ccc(S(=O)(=O)NC2CC2)cc1NC(=O)Cc1cccs1. The maximum absolute atomic E-state index is 12.3. The van der Waals surface area contributed by atoms with Gasteiger partial charge in [-0.1, -0.05) is 6.07 Å². The number of carbonyl (C=O) groups is 1. The molecule has 6 nitrogen and oxygen atoms in total. The lowest BCUT2D eigenvalue weighted by Crippen LogP contribution is -2.26. The minimum atomic E-state index is -3.59. The molecule has 1 aliphatic rings. The van der Waals surface area contributed by atoms with Gasteiger partial charge >= 0.3 is 0 Å². The number of benzene rings is 1. The second-order valence-electron chi connectivity index (χ2n) is 5.56. The summed E-state index contributed by atoms with van der Waals surface area (Å²) >= 11 is 1.49. The van der Waals surface area contributed by atoms with Crippen LogP contribution >= 0.6 is 11.3 Å². The van der Waals surface area contributed by atoms with E-state index in [9.17, 15) is 13.2 Å². The fourth-order valence-electron chi connectivity index (χ4n) is 2.21. The number of anilines is 1. The second-order valence-corrected chi connectivity index (χ2v) is 8.31. The van der Waals surface area contributed by atoms with Crippen molar-refractivity contribution in [3.05, 3.63) is 40.6 Å². The van der Waals surface area contributed by atoms with Crippen molar-refractivity contribution in [1.29, 1.82) is 0 Å². The van der Waals surface area contributed by atoms with Gasteiger partial charge in [0.2, 0.25) is 15.9 Å². The van der Waals surface area contributed by atoms with Crippen LogP contribution in [0.3, 0.4) is 0 Å². The van der Waals surface area contributed by atoms with Crippen molar-refractivity contribution in [2.45, 2.75) is 30.2 Å².